The molecule has 0 aliphatic heterocycles. The molecule has 0 aromatic heterocycles. The minimum absolute atomic E-state index is 0.333. The molecule has 0 amide bonds. The second kappa shape index (κ2) is 6.43. The molecule has 0 aliphatic carbocycles. The van der Waals surface area contributed by atoms with Gasteiger partial charge in [-0.05, 0) is 31.3 Å². The van der Waals surface area contributed by atoms with Gasteiger partial charge in [-0.15, -0.1) is 0 Å². The number of phenolic OH excluding ortho intramolecular Hbond substituents is 1. The van der Waals surface area contributed by atoms with Gasteiger partial charge in [-0.1, -0.05) is 19.1 Å². The molecule has 15 heavy (non-hydrogen) atoms. The topological polar surface area (TPSA) is 35.5 Å². The molecule has 1 aromatic carbocycles. The highest BCUT2D eigenvalue weighted by molar-refractivity contribution is 5.26. The predicted molar refractivity (Wildman–Crippen MR) is 63.0 cm³/mol. The first kappa shape index (κ1) is 12.0. The van der Waals surface area contributed by atoms with Gasteiger partial charge in [0.2, 0.25) is 0 Å². The fourth-order valence-corrected chi connectivity index (χ4v) is 1.33. The maximum absolute atomic E-state index is 9.26. The van der Waals surface area contributed by atoms with Crippen molar-refractivity contribution in [2.24, 2.45) is 0 Å². The van der Waals surface area contributed by atoms with Gasteiger partial charge in [-0.3, -0.25) is 0 Å². The largest absolute Gasteiger partial charge is 0.508 e. The lowest BCUT2D eigenvalue weighted by Gasteiger charge is -2.13. The highest BCUT2D eigenvalue weighted by Gasteiger charge is 1.95. The van der Waals surface area contributed by atoms with Crippen LogP contribution >= 0.6 is 0 Å². The van der Waals surface area contributed by atoms with E-state index in [2.05, 4.69) is 24.2 Å². The molecular formula is C12H20N2O. The van der Waals surface area contributed by atoms with Crippen LogP contribution in [0.25, 0.3) is 0 Å². The van der Waals surface area contributed by atoms with Crippen molar-refractivity contribution in [3.8, 4) is 5.75 Å². The minimum Gasteiger partial charge on any atom is -0.508 e. The van der Waals surface area contributed by atoms with Crippen LogP contribution in [0.3, 0.4) is 0 Å². The Kier molecular flexibility index (Phi) is 5.15. The van der Waals surface area contributed by atoms with E-state index in [1.165, 1.54) is 0 Å². The van der Waals surface area contributed by atoms with Crippen molar-refractivity contribution in [2.75, 3.05) is 26.7 Å². The molecule has 2 N–H and O–H groups in total. The van der Waals surface area contributed by atoms with E-state index in [1.807, 2.05) is 12.1 Å². The molecule has 0 heterocycles. The lowest BCUT2D eigenvalue weighted by Crippen LogP contribution is -2.28. The third kappa shape index (κ3) is 4.81. The highest BCUT2D eigenvalue weighted by atomic mass is 16.3. The lowest BCUT2D eigenvalue weighted by atomic mass is 10.2. The molecule has 0 saturated carbocycles. The smallest absolute Gasteiger partial charge is 0.115 e. The third-order valence-corrected chi connectivity index (χ3v) is 2.45. The average molecular weight is 208 g/mol. The van der Waals surface area contributed by atoms with E-state index in [4.69, 9.17) is 0 Å². The Morgan fingerprint density at radius 2 is 2.20 bits per heavy atom. The van der Waals surface area contributed by atoms with E-state index in [-0.39, 0.29) is 0 Å². The molecule has 84 valence electrons. The quantitative estimate of drug-likeness (QED) is 0.694. The monoisotopic (exact) mass is 208 g/mol. The minimum atomic E-state index is 0.333. The van der Waals surface area contributed by atoms with Crippen molar-refractivity contribution in [3.63, 3.8) is 0 Å². The van der Waals surface area contributed by atoms with Crippen LogP contribution in [0.4, 0.5) is 0 Å². The Morgan fingerprint density at radius 3 is 2.87 bits per heavy atom. The van der Waals surface area contributed by atoms with E-state index in [9.17, 15) is 5.11 Å². The SMILES string of the molecule is CCN(C)CCNCc1cccc(O)c1. The van der Waals surface area contributed by atoms with E-state index in [1.54, 1.807) is 12.1 Å². The molecular weight excluding hydrogens is 188 g/mol. The lowest BCUT2D eigenvalue weighted by molar-refractivity contribution is 0.349. The van der Waals surface area contributed by atoms with E-state index in [0.717, 1.165) is 31.7 Å². The molecule has 0 radical (unpaired) electrons. The third-order valence-electron chi connectivity index (χ3n) is 2.45. The summed E-state index contributed by atoms with van der Waals surface area (Å²) < 4.78 is 0. The Hall–Kier alpha value is -1.06. The number of phenols is 1. The van der Waals surface area contributed by atoms with Gasteiger partial charge in [0.1, 0.15) is 5.75 Å². The Bertz CT molecular complexity index is 289. The molecule has 0 fully saturated rings. The molecule has 0 bridgehead atoms. The summed E-state index contributed by atoms with van der Waals surface area (Å²) in [6, 6.07) is 7.35. The molecule has 0 aliphatic rings. The van der Waals surface area contributed by atoms with Gasteiger partial charge in [0.05, 0.1) is 0 Å². The first-order chi connectivity index (χ1) is 7.22. The maximum atomic E-state index is 9.26. The average Bonchev–Trinajstić information content (AvgIpc) is 2.24. The number of nitrogens with zero attached hydrogens (tertiary/aromatic N) is 1. The first-order valence-corrected chi connectivity index (χ1v) is 5.39. The zero-order chi connectivity index (χ0) is 11.1. The number of nitrogens with one attached hydrogen (secondary N) is 1. The first-order valence-electron chi connectivity index (χ1n) is 5.39. The van der Waals surface area contributed by atoms with Gasteiger partial charge in [0.25, 0.3) is 0 Å². The summed E-state index contributed by atoms with van der Waals surface area (Å²) in [6.07, 6.45) is 0. The second-order valence-corrected chi connectivity index (χ2v) is 3.74. The number of benzene rings is 1. The Balaban J connectivity index is 2.20. The zero-order valence-electron chi connectivity index (χ0n) is 9.53. The van der Waals surface area contributed by atoms with Gasteiger partial charge in [-0.25, -0.2) is 0 Å². The van der Waals surface area contributed by atoms with E-state index >= 15 is 0 Å². The summed E-state index contributed by atoms with van der Waals surface area (Å²) in [5.74, 6) is 0.333. The van der Waals surface area contributed by atoms with Crippen molar-refractivity contribution < 1.29 is 5.11 Å². The van der Waals surface area contributed by atoms with Crippen molar-refractivity contribution in [1.29, 1.82) is 0 Å². The summed E-state index contributed by atoms with van der Waals surface area (Å²) in [4.78, 5) is 2.26. The van der Waals surface area contributed by atoms with Gasteiger partial charge in [0, 0.05) is 19.6 Å². The van der Waals surface area contributed by atoms with Crippen LogP contribution < -0.4 is 5.32 Å². The molecule has 0 spiro atoms. The van der Waals surface area contributed by atoms with E-state index < -0.39 is 0 Å². The maximum Gasteiger partial charge on any atom is 0.115 e. The second-order valence-electron chi connectivity index (χ2n) is 3.74. The fourth-order valence-electron chi connectivity index (χ4n) is 1.33. The predicted octanol–water partition coefficient (Wildman–Crippen LogP) is 1.43. The molecule has 0 unspecified atom stereocenters. The summed E-state index contributed by atoms with van der Waals surface area (Å²) in [5, 5.41) is 12.6. The highest BCUT2D eigenvalue weighted by Crippen LogP contribution is 2.10. The van der Waals surface area contributed by atoms with Gasteiger partial charge in [0.15, 0.2) is 0 Å². The van der Waals surface area contributed by atoms with Crippen LogP contribution in [0.2, 0.25) is 0 Å². The summed E-state index contributed by atoms with van der Waals surface area (Å²) in [7, 11) is 2.11. The standard InChI is InChI=1S/C12H20N2O/c1-3-14(2)8-7-13-10-11-5-4-6-12(15)9-11/h4-6,9,13,15H,3,7-8,10H2,1-2H3. The van der Waals surface area contributed by atoms with Crippen LogP contribution in [0.5, 0.6) is 5.75 Å². The van der Waals surface area contributed by atoms with Crippen molar-refractivity contribution in [2.45, 2.75) is 13.5 Å². The molecule has 1 aromatic rings. The number of aromatic hydroxyl groups is 1. The fraction of sp³-hybridized carbons (Fsp3) is 0.500. The molecule has 0 atom stereocenters. The Labute approximate surface area is 91.7 Å². The van der Waals surface area contributed by atoms with Crippen LogP contribution in [0, 0.1) is 0 Å². The number of hydrogen-bond acceptors (Lipinski definition) is 3. The van der Waals surface area contributed by atoms with Gasteiger partial charge < -0.3 is 15.3 Å². The van der Waals surface area contributed by atoms with Gasteiger partial charge in [-0.2, -0.15) is 0 Å². The van der Waals surface area contributed by atoms with Crippen LogP contribution in [0.15, 0.2) is 24.3 Å². The zero-order valence-corrected chi connectivity index (χ0v) is 9.53. The van der Waals surface area contributed by atoms with Crippen LogP contribution in [0.1, 0.15) is 12.5 Å². The van der Waals surface area contributed by atoms with E-state index in [0.29, 0.717) is 5.75 Å². The summed E-state index contributed by atoms with van der Waals surface area (Å²) in [6.45, 7) is 6.06. The molecule has 3 heteroatoms. The van der Waals surface area contributed by atoms with Crippen molar-refractivity contribution in [1.82, 2.24) is 10.2 Å². The Morgan fingerprint density at radius 1 is 1.40 bits per heavy atom. The number of rotatable bonds is 6. The van der Waals surface area contributed by atoms with Crippen molar-refractivity contribution in [3.05, 3.63) is 29.8 Å². The molecule has 0 saturated heterocycles. The van der Waals surface area contributed by atoms with Crippen molar-refractivity contribution >= 4 is 0 Å². The van der Waals surface area contributed by atoms with Crippen LogP contribution in [-0.4, -0.2) is 36.7 Å². The van der Waals surface area contributed by atoms with Gasteiger partial charge >= 0.3 is 0 Å². The summed E-state index contributed by atoms with van der Waals surface area (Å²) in [5.41, 5.74) is 1.12. The summed E-state index contributed by atoms with van der Waals surface area (Å²) >= 11 is 0. The molecule has 3 nitrogen and oxygen atoms in total. The number of likely N-dealkylation sites (N-methyl/N-ethyl adjacent to an activating group) is 1. The normalized spacial score (nSPS) is 10.9. The number of hydrogen-bond donors (Lipinski definition) is 2. The van der Waals surface area contributed by atoms with Crippen LogP contribution in [-0.2, 0) is 6.54 Å². The molecule has 1 rings (SSSR count).